The minimum Gasteiger partial charge on any atom is -0.507 e. The van der Waals surface area contributed by atoms with Crippen LogP contribution < -0.4 is 0 Å². The molecule has 0 unspecified atom stereocenters. The van der Waals surface area contributed by atoms with Crippen LogP contribution in [0, 0.1) is 0 Å². The quantitative estimate of drug-likeness (QED) is 0.354. The van der Waals surface area contributed by atoms with Crippen LogP contribution in [0.5, 0.6) is 5.75 Å². The van der Waals surface area contributed by atoms with Crippen LogP contribution in [-0.2, 0) is 61.8 Å². The maximum Gasteiger partial charge on any atom is 0.198 e. The zero-order chi connectivity index (χ0) is 47.5. The first-order chi connectivity index (χ1) is 31.8. The molecule has 362 valence electrons. The van der Waals surface area contributed by atoms with E-state index in [2.05, 4.69) is 0 Å². The number of phenols is 1. The lowest BCUT2D eigenvalue weighted by atomic mass is 9.57. The molecule has 18 atom stereocenters. The van der Waals surface area contributed by atoms with E-state index in [0.717, 1.165) is 6.08 Å². The number of fused-ring (bicyclic) bond motifs is 5. The second-order valence-corrected chi connectivity index (χ2v) is 19.8. The van der Waals surface area contributed by atoms with Gasteiger partial charge < -0.3 is 62.7 Å². The smallest absolute Gasteiger partial charge is 0.198 e. The van der Waals surface area contributed by atoms with Gasteiger partial charge in [-0.2, -0.15) is 0 Å². The molecule has 1 aromatic carbocycles. The summed E-state index contributed by atoms with van der Waals surface area (Å²) < 4.78 is 61.5. The predicted octanol–water partition coefficient (Wildman–Crippen LogP) is 3.64. The fourth-order valence-corrected chi connectivity index (χ4v) is 11.4. The molecular formula is C49H58O18. The summed E-state index contributed by atoms with van der Waals surface area (Å²) in [6, 6.07) is 2.80. The Hall–Kier alpha value is -3.89. The molecule has 3 N–H and O–H groups in total. The summed E-state index contributed by atoms with van der Waals surface area (Å²) in [5.74, 6) is -3.34. The molecule has 1 aromatic rings. The zero-order valence-electron chi connectivity index (χ0n) is 38.2. The van der Waals surface area contributed by atoms with Gasteiger partial charge in [-0.3, -0.25) is 24.0 Å². The lowest BCUT2D eigenvalue weighted by molar-refractivity contribution is -0.347. The average Bonchev–Trinajstić information content (AvgIpc) is 3.26. The molecule has 1 saturated carbocycles. The second-order valence-electron chi connectivity index (χ2n) is 19.8. The Bertz CT molecular complexity index is 2340. The van der Waals surface area contributed by atoms with E-state index in [-0.39, 0.29) is 71.4 Å². The molecule has 9 aliphatic rings. The Kier molecular flexibility index (Phi) is 12.0. The van der Waals surface area contributed by atoms with Crippen molar-refractivity contribution >= 4 is 28.9 Å². The minimum atomic E-state index is -2.81. The van der Waals surface area contributed by atoms with E-state index in [0.29, 0.717) is 25.7 Å². The number of carbonyl (C=O) groups excluding carboxylic acids is 5. The number of phenolic OH excluding ortho intramolecular Hbond substituents is 1. The third kappa shape index (κ3) is 8.04. The Morgan fingerprint density at radius 3 is 2.18 bits per heavy atom. The van der Waals surface area contributed by atoms with Crippen LogP contribution in [0.25, 0.3) is 0 Å². The third-order valence-corrected chi connectivity index (χ3v) is 15.0. The number of Topliss-reactive ketones (excluding diaryl/α,β-unsaturated/α-hetero) is 4. The normalized spacial score (nSPS) is 45.3. The third-order valence-electron chi connectivity index (χ3n) is 15.0. The zero-order valence-corrected chi connectivity index (χ0v) is 38.2. The van der Waals surface area contributed by atoms with Crippen molar-refractivity contribution in [2.45, 2.75) is 202 Å². The van der Waals surface area contributed by atoms with Crippen LogP contribution in [0.1, 0.15) is 125 Å². The minimum absolute atomic E-state index is 0.102. The first-order valence-corrected chi connectivity index (χ1v) is 23.4. The van der Waals surface area contributed by atoms with Gasteiger partial charge in [0.1, 0.15) is 35.8 Å². The first kappa shape index (κ1) is 46.8. The van der Waals surface area contributed by atoms with E-state index >= 15 is 0 Å². The van der Waals surface area contributed by atoms with Crippen molar-refractivity contribution in [2.24, 2.45) is 0 Å². The van der Waals surface area contributed by atoms with Gasteiger partial charge in [0.05, 0.1) is 59.5 Å². The van der Waals surface area contributed by atoms with Crippen LogP contribution in [0.3, 0.4) is 0 Å². The Balaban J connectivity index is 0.783. The van der Waals surface area contributed by atoms with Crippen LogP contribution in [0.4, 0.5) is 0 Å². The molecule has 0 spiro atoms. The highest BCUT2D eigenvalue weighted by molar-refractivity contribution is 6.32. The number of rotatable bonds is 7. The molecule has 0 aromatic heterocycles. The first-order valence-electron chi connectivity index (χ1n) is 23.4. The number of hydrogen-bond donors (Lipinski definition) is 3. The molecule has 10 rings (SSSR count). The second kappa shape index (κ2) is 17.2. The average molecular weight is 935 g/mol. The lowest BCUT2D eigenvalue weighted by Crippen LogP contribution is -2.69. The van der Waals surface area contributed by atoms with Crippen molar-refractivity contribution < 1.29 is 86.7 Å². The molecule has 0 radical (unpaired) electrons. The van der Waals surface area contributed by atoms with Crippen LogP contribution in [0.2, 0.25) is 0 Å². The van der Waals surface area contributed by atoms with Crippen LogP contribution in [-0.4, -0.2) is 147 Å². The number of hydrogen-bond acceptors (Lipinski definition) is 18. The molecule has 5 saturated heterocycles. The summed E-state index contributed by atoms with van der Waals surface area (Å²) in [6.45, 7) is 10.5. The molecular weight excluding hydrogens is 877 g/mol. The number of aromatic hydroxyl groups is 1. The number of carbonyl (C=O) groups is 5. The number of benzene rings is 1. The maximum atomic E-state index is 14.4. The molecule has 67 heavy (non-hydrogen) atoms. The SMILES string of the molecule is C[C@@H]1O[C@@H](O[C@H]2CC[C@H](O[C@H]3CC[C@H](O[C@@]4(C)CC(=O)[C@]5(O)C6=C(C=C[C@]5(O)C4)C(=O)c4c(ccc([C@H]5C[C@@H]7O[C@H]8CC(=O)[C@H](C)O[C@H]8O[C@@H]7[C@@H](C)O5)c4O)C6=O)O[C@H]3C)O[C@H]2C)C=CC1=O. The molecule has 0 bridgehead atoms. The van der Waals surface area contributed by atoms with Gasteiger partial charge in [-0.05, 0) is 78.7 Å². The van der Waals surface area contributed by atoms with Crippen molar-refractivity contribution in [1.82, 2.24) is 0 Å². The Labute approximate surface area is 386 Å². The van der Waals surface area contributed by atoms with Gasteiger partial charge in [-0.1, -0.05) is 12.1 Å². The van der Waals surface area contributed by atoms with Gasteiger partial charge >= 0.3 is 0 Å². The summed E-state index contributed by atoms with van der Waals surface area (Å²) in [7, 11) is 0. The highest BCUT2D eigenvalue weighted by atomic mass is 16.7. The highest BCUT2D eigenvalue weighted by Gasteiger charge is 2.67. The fraction of sp³-hybridized carbons (Fsp3) is 0.653. The summed E-state index contributed by atoms with van der Waals surface area (Å²) in [4.78, 5) is 67.3. The van der Waals surface area contributed by atoms with Gasteiger partial charge in [0.25, 0.3) is 0 Å². The van der Waals surface area contributed by atoms with E-state index in [1.807, 2.05) is 13.8 Å². The van der Waals surface area contributed by atoms with E-state index < -0.39 is 126 Å². The molecule has 0 amide bonds. The van der Waals surface area contributed by atoms with Gasteiger partial charge in [-0.25, -0.2) is 0 Å². The molecule has 3 aliphatic carbocycles. The van der Waals surface area contributed by atoms with Gasteiger partial charge in [0.2, 0.25) is 0 Å². The van der Waals surface area contributed by atoms with Crippen molar-refractivity contribution in [3.05, 3.63) is 64.3 Å². The molecule has 18 nitrogen and oxygen atoms in total. The Morgan fingerprint density at radius 1 is 0.731 bits per heavy atom. The summed E-state index contributed by atoms with van der Waals surface area (Å²) >= 11 is 0. The standard InChI is InChI=1S/C49H58O18/c1-21-29(50)9-12-37(59-21)64-31-10-13-38(60-23(31)3)65-32-11-14-39(61-24(32)4)67-47(6)19-36(52)49(57)41-28(15-16-48(49,56)20-47)43(54)40-27(44(41)55)8-7-26(42(40)53)33-18-34-45(25(5)58-33)66-46-35(63-34)17-30(51)22(2)62-46/h7-9,12,15-16,21-25,31-35,37-39,45-46,53,56-57H,10-11,13-14,17-20H2,1-6H3/t21-,22-,23-,24-,25+,31-,32-,33+,34-,35-,37-,38-,39-,45+,46-,47-,48-,49-/m0/s1. The van der Waals surface area contributed by atoms with Crippen molar-refractivity contribution in [3.63, 3.8) is 0 Å². The van der Waals surface area contributed by atoms with E-state index in [9.17, 15) is 39.3 Å². The van der Waals surface area contributed by atoms with Crippen molar-refractivity contribution in [3.8, 4) is 5.75 Å². The monoisotopic (exact) mass is 934 g/mol. The summed E-state index contributed by atoms with van der Waals surface area (Å²) in [5, 5.41) is 36.3. The Morgan fingerprint density at radius 2 is 1.45 bits per heavy atom. The molecule has 6 heterocycles. The van der Waals surface area contributed by atoms with Crippen LogP contribution >= 0.6 is 0 Å². The summed E-state index contributed by atoms with van der Waals surface area (Å²) in [6.07, 6.45) is -1.19. The van der Waals surface area contributed by atoms with E-state index in [4.69, 9.17) is 47.4 Å². The van der Waals surface area contributed by atoms with E-state index in [1.54, 1.807) is 33.8 Å². The van der Waals surface area contributed by atoms with E-state index in [1.165, 1.54) is 24.3 Å². The maximum absolute atomic E-state index is 14.4. The van der Waals surface area contributed by atoms with Crippen LogP contribution in [0.15, 0.2) is 47.6 Å². The van der Waals surface area contributed by atoms with Crippen molar-refractivity contribution in [2.75, 3.05) is 0 Å². The molecule has 6 fully saturated rings. The largest absolute Gasteiger partial charge is 0.507 e. The van der Waals surface area contributed by atoms with Gasteiger partial charge in [-0.15, -0.1) is 0 Å². The predicted molar refractivity (Wildman–Crippen MR) is 227 cm³/mol. The van der Waals surface area contributed by atoms with Gasteiger partial charge in [0.15, 0.2) is 59.7 Å². The lowest BCUT2D eigenvalue weighted by Gasteiger charge is -2.53. The summed E-state index contributed by atoms with van der Waals surface area (Å²) in [5.41, 5.74) is -7.78. The molecule has 18 heteroatoms. The number of allylic oxidation sites excluding steroid dienone is 2. The fourth-order valence-electron chi connectivity index (χ4n) is 11.4. The highest BCUT2D eigenvalue weighted by Crippen LogP contribution is 2.53. The topological polar surface area (TPSA) is 238 Å². The van der Waals surface area contributed by atoms with Gasteiger partial charge in [0, 0.05) is 55.2 Å². The number of ketones is 5. The number of ether oxygens (including phenoxy) is 10. The van der Waals surface area contributed by atoms with Crippen molar-refractivity contribution in [1.29, 1.82) is 0 Å². The number of aliphatic hydroxyl groups is 2. The molecule has 6 aliphatic heterocycles.